The molecule has 0 bridgehead atoms. The number of hydrogen-bond donors (Lipinski definition) is 0. The second-order valence-electron chi connectivity index (χ2n) is 3.45. The van der Waals surface area contributed by atoms with Gasteiger partial charge in [-0.05, 0) is 67.1 Å². The summed E-state index contributed by atoms with van der Waals surface area (Å²) in [5.41, 5.74) is 1.01. The van der Waals surface area contributed by atoms with Crippen molar-refractivity contribution in [3.8, 4) is 0 Å². The van der Waals surface area contributed by atoms with Crippen molar-refractivity contribution < 1.29 is 0 Å². The van der Waals surface area contributed by atoms with Crippen molar-refractivity contribution in [1.29, 1.82) is 0 Å². The van der Waals surface area contributed by atoms with E-state index in [0.717, 1.165) is 25.9 Å². The zero-order valence-corrected chi connectivity index (χ0v) is 12.6. The van der Waals surface area contributed by atoms with E-state index in [9.17, 15) is 0 Å². The van der Waals surface area contributed by atoms with Gasteiger partial charge in [-0.3, -0.25) is 0 Å². The molecule has 2 rings (SSSR count). The van der Waals surface area contributed by atoms with E-state index in [2.05, 4.69) is 69.9 Å². The molecule has 0 amide bonds. The summed E-state index contributed by atoms with van der Waals surface area (Å²) in [6.45, 7) is 0. The summed E-state index contributed by atoms with van der Waals surface area (Å²) in [6, 6.07) is 0. The Kier molecular flexibility index (Phi) is 3.96. The number of aromatic nitrogens is 2. The zero-order valence-electron chi connectivity index (χ0n) is 7.88. The summed E-state index contributed by atoms with van der Waals surface area (Å²) in [7, 11) is 0. The highest BCUT2D eigenvalue weighted by Crippen LogP contribution is 2.33. The molecule has 0 N–H and O–H groups in total. The van der Waals surface area contributed by atoms with Gasteiger partial charge in [0, 0.05) is 5.92 Å². The van der Waals surface area contributed by atoms with Gasteiger partial charge in [0.15, 0.2) is 0 Å². The molecular weight excluding hydrogens is 388 g/mol. The molecule has 0 saturated heterocycles. The average Bonchev–Trinajstić information content (AvgIpc) is 2.25. The third-order valence-electron chi connectivity index (χ3n) is 2.40. The Labute approximate surface area is 114 Å². The van der Waals surface area contributed by atoms with Gasteiger partial charge >= 0.3 is 0 Å². The molecule has 0 radical (unpaired) electrons. The van der Waals surface area contributed by atoms with Crippen LogP contribution in [-0.4, -0.2) is 9.97 Å². The number of hydrogen-bond acceptors (Lipinski definition) is 2. The molecule has 1 atom stereocenters. The van der Waals surface area contributed by atoms with E-state index in [-0.39, 0.29) is 0 Å². The summed E-state index contributed by atoms with van der Waals surface area (Å²) in [5, 5.41) is 0. The van der Waals surface area contributed by atoms with E-state index in [0.29, 0.717) is 5.92 Å². The van der Waals surface area contributed by atoms with Crippen LogP contribution in [-0.2, 0) is 0 Å². The highest BCUT2D eigenvalue weighted by Gasteiger charge is 2.18. The van der Waals surface area contributed by atoms with Crippen LogP contribution >= 0.6 is 47.8 Å². The fourth-order valence-electron chi connectivity index (χ4n) is 1.66. The van der Waals surface area contributed by atoms with Gasteiger partial charge in [-0.1, -0.05) is 12.2 Å². The van der Waals surface area contributed by atoms with E-state index in [1.807, 2.05) is 0 Å². The first-order chi connectivity index (χ1) is 7.18. The topological polar surface area (TPSA) is 25.8 Å². The van der Waals surface area contributed by atoms with Crippen molar-refractivity contribution in [2.75, 3.05) is 0 Å². The largest absolute Gasteiger partial charge is 0.240 e. The summed E-state index contributed by atoms with van der Waals surface area (Å²) in [5.74, 6) is 0.394. The van der Waals surface area contributed by atoms with Crippen LogP contribution in [0.25, 0.3) is 0 Å². The van der Waals surface area contributed by atoms with Gasteiger partial charge in [0.05, 0.1) is 5.69 Å². The SMILES string of the molecule is Brc1nc(Br)c([C@@H]2C=CCCC2)nc1Br. The predicted octanol–water partition coefficient (Wildman–Crippen LogP) is 4.59. The molecule has 1 aliphatic carbocycles. The molecule has 1 aromatic rings. The molecule has 0 aliphatic heterocycles. The highest BCUT2D eigenvalue weighted by molar-refractivity contribution is 9.13. The normalized spacial score (nSPS) is 20.6. The first-order valence-electron chi connectivity index (χ1n) is 4.73. The summed E-state index contributed by atoms with van der Waals surface area (Å²) in [4.78, 5) is 8.84. The lowest BCUT2D eigenvalue weighted by Gasteiger charge is -2.17. The lowest BCUT2D eigenvalue weighted by atomic mass is 9.93. The summed E-state index contributed by atoms with van der Waals surface area (Å²) in [6.07, 6.45) is 8.00. The van der Waals surface area contributed by atoms with Crippen molar-refractivity contribution >= 4 is 47.8 Å². The first kappa shape index (κ1) is 11.7. The number of rotatable bonds is 1. The number of halogens is 3. The van der Waals surface area contributed by atoms with Crippen LogP contribution in [0.5, 0.6) is 0 Å². The Balaban J connectivity index is 2.38. The van der Waals surface area contributed by atoms with Crippen molar-refractivity contribution in [3.63, 3.8) is 0 Å². The second kappa shape index (κ2) is 5.06. The molecule has 80 valence electrons. The molecule has 0 spiro atoms. The molecule has 1 aromatic heterocycles. The van der Waals surface area contributed by atoms with E-state index in [1.165, 1.54) is 12.8 Å². The molecule has 1 heterocycles. The molecular formula is C10H9Br3N2. The second-order valence-corrected chi connectivity index (χ2v) is 5.70. The smallest absolute Gasteiger partial charge is 0.140 e. The average molecular weight is 397 g/mol. The van der Waals surface area contributed by atoms with E-state index >= 15 is 0 Å². The maximum absolute atomic E-state index is 4.51. The molecule has 5 heteroatoms. The Morgan fingerprint density at radius 2 is 1.80 bits per heavy atom. The van der Waals surface area contributed by atoms with Crippen molar-refractivity contribution in [1.82, 2.24) is 9.97 Å². The molecule has 0 unspecified atom stereocenters. The van der Waals surface area contributed by atoms with Crippen LogP contribution in [0.4, 0.5) is 0 Å². The highest BCUT2D eigenvalue weighted by atomic mass is 79.9. The molecule has 2 nitrogen and oxygen atoms in total. The fraction of sp³-hybridized carbons (Fsp3) is 0.400. The lowest BCUT2D eigenvalue weighted by Crippen LogP contribution is -2.05. The third kappa shape index (κ3) is 2.68. The minimum absolute atomic E-state index is 0.394. The minimum Gasteiger partial charge on any atom is -0.240 e. The molecule has 0 aromatic carbocycles. The van der Waals surface area contributed by atoms with E-state index in [4.69, 9.17) is 0 Å². The monoisotopic (exact) mass is 394 g/mol. The Morgan fingerprint density at radius 3 is 2.47 bits per heavy atom. The Bertz CT molecular complexity index is 404. The Morgan fingerprint density at radius 1 is 1.07 bits per heavy atom. The predicted molar refractivity (Wildman–Crippen MR) is 70.9 cm³/mol. The number of nitrogens with zero attached hydrogens (tertiary/aromatic N) is 2. The van der Waals surface area contributed by atoms with Gasteiger partial charge in [0.25, 0.3) is 0 Å². The van der Waals surface area contributed by atoms with E-state index < -0.39 is 0 Å². The maximum atomic E-state index is 4.51. The molecule has 15 heavy (non-hydrogen) atoms. The lowest BCUT2D eigenvalue weighted by molar-refractivity contribution is 0.633. The van der Waals surface area contributed by atoms with Gasteiger partial charge in [-0.2, -0.15) is 0 Å². The first-order valence-corrected chi connectivity index (χ1v) is 7.11. The van der Waals surface area contributed by atoms with Crippen LogP contribution in [0.15, 0.2) is 26.0 Å². The van der Waals surface area contributed by atoms with Gasteiger partial charge in [-0.25, -0.2) is 9.97 Å². The zero-order chi connectivity index (χ0) is 10.8. The van der Waals surface area contributed by atoms with Crippen LogP contribution in [0.2, 0.25) is 0 Å². The third-order valence-corrected chi connectivity index (χ3v) is 4.62. The molecule has 0 saturated carbocycles. The fourth-order valence-corrected chi connectivity index (χ4v) is 3.01. The quantitative estimate of drug-likeness (QED) is 0.649. The van der Waals surface area contributed by atoms with Crippen LogP contribution in [0.3, 0.4) is 0 Å². The van der Waals surface area contributed by atoms with Crippen molar-refractivity contribution in [3.05, 3.63) is 31.7 Å². The maximum Gasteiger partial charge on any atom is 0.140 e. The van der Waals surface area contributed by atoms with Gasteiger partial charge in [-0.15, -0.1) is 0 Å². The molecule has 1 aliphatic rings. The van der Waals surface area contributed by atoms with E-state index in [1.54, 1.807) is 0 Å². The summed E-state index contributed by atoms with van der Waals surface area (Å²) >= 11 is 10.2. The van der Waals surface area contributed by atoms with Gasteiger partial charge in [0.2, 0.25) is 0 Å². The van der Waals surface area contributed by atoms with Crippen LogP contribution in [0.1, 0.15) is 30.9 Å². The van der Waals surface area contributed by atoms with Gasteiger partial charge < -0.3 is 0 Å². The minimum atomic E-state index is 0.394. The van der Waals surface area contributed by atoms with Crippen molar-refractivity contribution in [2.24, 2.45) is 0 Å². The molecule has 0 fully saturated rings. The number of allylic oxidation sites excluding steroid dienone is 2. The summed E-state index contributed by atoms with van der Waals surface area (Å²) < 4.78 is 2.33. The standard InChI is InChI=1S/C10H9Br3N2/c11-8-7(6-4-2-1-3-5-6)14-9(12)10(13)15-8/h2,4,6H,1,3,5H2/t6-/m1/s1. The van der Waals surface area contributed by atoms with Crippen LogP contribution in [0, 0.1) is 0 Å². The van der Waals surface area contributed by atoms with Crippen LogP contribution < -0.4 is 0 Å². The van der Waals surface area contributed by atoms with Crippen molar-refractivity contribution in [2.45, 2.75) is 25.2 Å². The Hall–Kier alpha value is 0.260. The van der Waals surface area contributed by atoms with Gasteiger partial charge in [0.1, 0.15) is 13.8 Å².